The Morgan fingerprint density at radius 3 is 2.61 bits per heavy atom. The molecule has 6 heteroatoms. The normalized spacial score (nSPS) is 16.1. The minimum absolute atomic E-state index is 0.0587. The lowest BCUT2D eigenvalue weighted by atomic mass is 10.1. The quantitative estimate of drug-likeness (QED) is 0.836. The van der Waals surface area contributed by atoms with E-state index < -0.39 is 6.04 Å². The first-order chi connectivity index (χ1) is 13.5. The van der Waals surface area contributed by atoms with Crippen LogP contribution in [0.4, 0.5) is 4.79 Å². The lowest BCUT2D eigenvalue weighted by molar-refractivity contribution is -0.134. The van der Waals surface area contributed by atoms with Crippen molar-refractivity contribution in [2.75, 3.05) is 13.6 Å². The molecule has 1 aliphatic heterocycles. The van der Waals surface area contributed by atoms with Gasteiger partial charge in [0.1, 0.15) is 11.8 Å². The van der Waals surface area contributed by atoms with Gasteiger partial charge in [-0.1, -0.05) is 36.4 Å². The molecule has 0 bridgehead atoms. The van der Waals surface area contributed by atoms with E-state index in [0.717, 1.165) is 23.1 Å². The molecular weight excluding hydrogens is 354 g/mol. The van der Waals surface area contributed by atoms with Crippen LogP contribution in [0.15, 0.2) is 48.5 Å². The second-order valence-electron chi connectivity index (χ2n) is 7.30. The fraction of sp³-hybridized carbons (Fsp3) is 0.364. The first-order valence-corrected chi connectivity index (χ1v) is 9.57. The summed E-state index contributed by atoms with van der Waals surface area (Å²) in [6.07, 6.45) is 1.50. The fourth-order valence-corrected chi connectivity index (χ4v) is 3.55. The van der Waals surface area contributed by atoms with Crippen LogP contribution in [0.25, 0.3) is 0 Å². The number of likely N-dealkylation sites (tertiary alicyclic amines) is 1. The number of carbonyl (C=O) groups excluding carboxylic acids is 2. The number of aromatic hydroxyl groups is 1. The van der Waals surface area contributed by atoms with Crippen molar-refractivity contribution in [2.24, 2.45) is 0 Å². The Kier molecular flexibility index (Phi) is 6.19. The van der Waals surface area contributed by atoms with Crippen LogP contribution >= 0.6 is 0 Å². The highest BCUT2D eigenvalue weighted by Gasteiger charge is 2.35. The number of likely N-dealkylation sites (N-methyl/N-ethyl adjacent to an activating group) is 1. The summed E-state index contributed by atoms with van der Waals surface area (Å²) in [6.45, 7) is 3.49. The van der Waals surface area contributed by atoms with E-state index in [0.29, 0.717) is 26.1 Å². The highest BCUT2D eigenvalue weighted by Crippen LogP contribution is 2.21. The third-order valence-corrected chi connectivity index (χ3v) is 5.22. The van der Waals surface area contributed by atoms with Crippen molar-refractivity contribution >= 4 is 11.9 Å². The average molecular weight is 381 g/mol. The van der Waals surface area contributed by atoms with Gasteiger partial charge in [0.05, 0.1) is 0 Å². The summed E-state index contributed by atoms with van der Waals surface area (Å²) < 4.78 is 0. The van der Waals surface area contributed by atoms with Gasteiger partial charge in [-0.3, -0.25) is 4.79 Å². The Hall–Kier alpha value is -3.02. The van der Waals surface area contributed by atoms with Crippen LogP contribution < -0.4 is 5.32 Å². The van der Waals surface area contributed by atoms with Gasteiger partial charge < -0.3 is 20.2 Å². The number of nitrogens with one attached hydrogen (secondary N) is 1. The van der Waals surface area contributed by atoms with Gasteiger partial charge in [-0.15, -0.1) is 0 Å². The second-order valence-corrected chi connectivity index (χ2v) is 7.30. The zero-order chi connectivity index (χ0) is 20.1. The largest absolute Gasteiger partial charge is 0.508 e. The number of urea groups is 1. The summed E-state index contributed by atoms with van der Waals surface area (Å²) in [4.78, 5) is 28.9. The molecule has 2 aromatic carbocycles. The van der Waals surface area contributed by atoms with Crippen molar-refractivity contribution in [1.29, 1.82) is 0 Å². The van der Waals surface area contributed by atoms with E-state index in [4.69, 9.17) is 0 Å². The molecule has 3 rings (SSSR count). The average Bonchev–Trinajstić information content (AvgIpc) is 3.18. The summed E-state index contributed by atoms with van der Waals surface area (Å²) in [6, 6.07) is 14.1. The number of phenolic OH excluding ortho intramolecular Hbond substituents is 1. The minimum Gasteiger partial charge on any atom is -0.508 e. The number of carbonyl (C=O) groups is 2. The second kappa shape index (κ2) is 8.78. The summed E-state index contributed by atoms with van der Waals surface area (Å²) in [7, 11) is 1.75. The number of phenols is 1. The molecular formula is C22H27N3O3. The zero-order valence-electron chi connectivity index (χ0n) is 16.4. The predicted molar refractivity (Wildman–Crippen MR) is 108 cm³/mol. The van der Waals surface area contributed by atoms with E-state index in [2.05, 4.69) is 5.32 Å². The maximum Gasteiger partial charge on any atom is 0.318 e. The molecule has 6 nitrogen and oxygen atoms in total. The standard InChI is InChI=1S/C22H27N3O3/c1-16-6-3-4-7-18(16)14-23-22(28)25-13-5-8-20(25)21(27)24(2)15-17-9-11-19(26)12-10-17/h3-4,6-7,9-12,20,26H,5,8,13-15H2,1-2H3,(H,23,28)/t20-/m1/s1. The van der Waals surface area contributed by atoms with E-state index in [1.807, 2.05) is 31.2 Å². The number of hydrogen-bond acceptors (Lipinski definition) is 3. The van der Waals surface area contributed by atoms with Gasteiger partial charge in [0, 0.05) is 26.7 Å². The van der Waals surface area contributed by atoms with Crippen molar-refractivity contribution in [3.63, 3.8) is 0 Å². The van der Waals surface area contributed by atoms with Gasteiger partial charge in [-0.25, -0.2) is 4.79 Å². The first kappa shape index (κ1) is 19.7. The molecule has 0 unspecified atom stereocenters. The summed E-state index contributed by atoms with van der Waals surface area (Å²) in [5.41, 5.74) is 3.13. The number of hydrogen-bond donors (Lipinski definition) is 2. The van der Waals surface area contributed by atoms with E-state index >= 15 is 0 Å². The molecule has 1 heterocycles. The third-order valence-electron chi connectivity index (χ3n) is 5.22. The van der Waals surface area contributed by atoms with E-state index in [1.165, 1.54) is 0 Å². The van der Waals surface area contributed by atoms with Gasteiger partial charge in [0.2, 0.25) is 5.91 Å². The maximum atomic E-state index is 12.9. The van der Waals surface area contributed by atoms with Crippen LogP contribution in [0.1, 0.15) is 29.5 Å². The highest BCUT2D eigenvalue weighted by atomic mass is 16.3. The predicted octanol–water partition coefficient (Wildman–Crippen LogP) is 3.03. The van der Waals surface area contributed by atoms with Crippen LogP contribution in [-0.2, 0) is 17.9 Å². The topological polar surface area (TPSA) is 72.9 Å². The van der Waals surface area contributed by atoms with Gasteiger partial charge in [-0.2, -0.15) is 0 Å². The van der Waals surface area contributed by atoms with Crippen molar-refractivity contribution in [2.45, 2.75) is 38.9 Å². The van der Waals surface area contributed by atoms with Crippen LogP contribution in [0.3, 0.4) is 0 Å². The smallest absolute Gasteiger partial charge is 0.318 e. The molecule has 1 atom stereocenters. The monoisotopic (exact) mass is 381 g/mol. The lowest BCUT2D eigenvalue weighted by Crippen LogP contribution is -2.49. The fourth-order valence-electron chi connectivity index (χ4n) is 3.55. The summed E-state index contributed by atoms with van der Waals surface area (Å²) in [5, 5.41) is 12.3. The van der Waals surface area contributed by atoms with Gasteiger partial charge in [-0.05, 0) is 48.6 Å². The third kappa shape index (κ3) is 4.63. The Morgan fingerprint density at radius 2 is 1.89 bits per heavy atom. The number of aryl methyl sites for hydroxylation is 1. The molecule has 1 aliphatic rings. The summed E-state index contributed by atoms with van der Waals surface area (Å²) >= 11 is 0. The van der Waals surface area contributed by atoms with Crippen LogP contribution in [0, 0.1) is 6.92 Å². The molecule has 1 fully saturated rings. The number of rotatable bonds is 5. The van der Waals surface area contributed by atoms with E-state index in [-0.39, 0.29) is 17.7 Å². The SMILES string of the molecule is Cc1ccccc1CNC(=O)N1CCC[C@@H]1C(=O)N(C)Cc1ccc(O)cc1. The number of nitrogens with zero attached hydrogens (tertiary/aromatic N) is 2. The molecule has 0 spiro atoms. The number of amides is 3. The molecule has 1 saturated heterocycles. The Bertz CT molecular complexity index is 835. The molecule has 28 heavy (non-hydrogen) atoms. The Morgan fingerprint density at radius 1 is 1.18 bits per heavy atom. The molecule has 0 radical (unpaired) electrons. The Balaban J connectivity index is 1.59. The molecule has 2 aromatic rings. The zero-order valence-corrected chi connectivity index (χ0v) is 16.4. The highest BCUT2D eigenvalue weighted by molar-refractivity contribution is 5.87. The molecule has 0 aromatic heterocycles. The minimum atomic E-state index is -0.431. The summed E-state index contributed by atoms with van der Waals surface area (Å²) in [5.74, 6) is 0.140. The Labute approximate surface area is 165 Å². The van der Waals surface area contributed by atoms with Crippen molar-refractivity contribution in [1.82, 2.24) is 15.1 Å². The molecule has 2 N–H and O–H groups in total. The van der Waals surface area contributed by atoms with Gasteiger partial charge in [0.15, 0.2) is 0 Å². The van der Waals surface area contributed by atoms with Gasteiger partial charge >= 0.3 is 6.03 Å². The number of benzene rings is 2. The van der Waals surface area contributed by atoms with Crippen molar-refractivity contribution in [3.05, 3.63) is 65.2 Å². The van der Waals surface area contributed by atoms with Crippen LogP contribution in [0.2, 0.25) is 0 Å². The van der Waals surface area contributed by atoms with E-state index in [1.54, 1.807) is 41.1 Å². The van der Waals surface area contributed by atoms with Crippen LogP contribution in [-0.4, -0.2) is 46.5 Å². The maximum absolute atomic E-state index is 12.9. The van der Waals surface area contributed by atoms with Crippen molar-refractivity contribution in [3.8, 4) is 5.75 Å². The van der Waals surface area contributed by atoms with E-state index in [9.17, 15) is 14.7 Å². The lowest BCUT2D eigenvalue weighted by Gasteiger charge is -2.28. The molecule has 0 saturated carbocycles. The molecule has 0 aliphatic carbocycles. The van der Waals surface area contributed by atoms with Crippen LogP contribution in [0.5, 0.6) is 5.75 Å². The first-order valence-electron chi connectivity index (χ1n) is 9.57. The molecule has 148 valence electrons. The van der Waals surface area contributed by atoms with Crippen molar-refractivity contribution < 1.29 is 14.7 Å². The van der Waals surface area contributed by atoms with Gasteiger partial charge in [0.25, 0.3) is 0 Å². The molecule has 3 amide bonds.